The molecule has 7 heteroatoms. The normalized spacial score (nSPS) is 13.0. The summed E-state index contributed by atoms with van der Waals surface area (Å²) >= 11 is 0. The van der Waals surface area contributed by atoms with Crippen molar-refractivity contribution in [3.63, 3.8) is 0 Å². The van der Waals surface area contributed by atoms with E-state index in [2.05, 4.69) is 5.32 Å². The minimum Gasteiger partial charge on any atom is -0.459 e. The van der Waals surface area contributed by atoms with E-state index in [1.54, 1.807) is 38.1 Å². The molecule has 0 spiro atoms. The highest BCUT2D eigenvalue weighted by Gasteiger charge is 2.19. The average Bonchev–Trinajstić information content (AvgIpc) is 3.24. The molecular weight excluding hydrogens is 326 g/mol. The van der Waals surface area contributed by atoms with Crippen molar-refractivity contribution in [3.05, 3.63) is 53.6 Å². The SMILES string of the molecule is CC(C)OC(=O)/C(=C/c1ccc2c(c1)OCO2)NC(=O)c1ccco1. The largest absolute Gasteiger partial charge is 0.459 e. The van der Waals surface area contributed by atoms with E-state index >= 15 is 0 Å². The number of esters is 1. The number of carbonyl (C=O) groups excluding carboxylic acids is 2. The summed E-state index contributed by atoms with van der Waals surface area (Å²) in [7, 11) is 0. The van der Waals surface area contributed by atoms with Gasteiger partial charge in [0, 0.05) is 0 Å². The highest BCUT2D eigenvalue weighted by molar-refractivity contribution is 6.02. The van der Waals surface area contributed by atoms with Crippen LogP contribution < -0.4 is 14.8 Å². The van der Waals surface area contributed by atoms with Gasteiger partial charge < -0.3 is 23.9 Å². The minimum absolute atomic E-state index is 0.00559. The van der Waals surface area contributed by atoms with Crippen LogP contribution in [0.2, 0.25) is 0 Å². The van der Waals surface area contributed by atoms with Gasteiger partial charge >= 0.3 is 5.97 Å². The van der Waals surface area contributed by atoms with Gasteiger partial charge in [-0.15, -0.1) is 0 Å². The van der Waals surface area contributed by atoms with Crippen molar-refractivity contribution >= 4 is 18.0 Å². The van der Waals surface area contributed by atoms with Gasteiger partial charge in [0.15, 0.2) is 17.3 Å². The lowest BCUT2D eigenvalue weighted by Crippen LogP contribution is -2.29. The van der Waals surface area contributed by atoms with E-state index in [1.165, 1.54) is 18.4 Å². The molecule has 1 aliphatic rings. The Balaban J connectivity index is 1.87. The fourth-order valence-corrected chi connectivity index (χ4v) is 2.18. The van der Waals surface area contributed by atoms with Gasteiger partial charge in [-0.05, 0) is 49.8 Å². The molecule has 3 rings (SSSR count). The Morgan fingerprint density at radius 3 is 2.72 bits per heavy atom. The fraction of sp³-hybridized carbons (Fsp3) is 0.222. The first-order chi connectivity index (χ1) is 12.0. The van der Waals surface area contributed by atoms with Crippen LogP contribution in [-0.4, -0.2) is 24.8 Å². The molecule has 0 radical (unpaired) electrons. The van der Waals surface area contributed by atoms with Gasteiger partial charge in [-0.2, -0.15) is 0 Å². The summed E-state index contributed by atoms with van der Waals surface area (Å²) in [5, 5.41) is 2.52. The van der Waals surface area contributed by atoms with E-state index in [-0.39, 0.29) is 24.4 Å². The van der Waals surface area contributed by atoms with Crippen LogP contribution in [0, 0.1) is 0 Å². The number of fused-ring (bicyclic) bond motifs is 1. The number of rotatable bonds is 5. The van der Waals surface area contributed by atoms with E-state index in [0.717, 1.165) is 0 Å². The summed E-state index contributed by atoms with van der Waals surface area (Å²) < 4.78 is 20.8. The van der Waals surface area contributed by atoms with Crippen LogP contribution >= 0.6 is 0 Å². The van der Waals surface area contributed by atoms with Gasteiger partial charge in [0.05, 0.1) is 12.4 Å². The number of amides is 1. The van der Waals surface area contributed by atoms with Crippen LogP contribution in [0.25, 0.3) is 6.08 Å². The molecule has 0 atom stereocenters. The minimum atomic E-state index is -0.646. The van der Waals surface area contributed by atoms with Gasteiger partial charge in [-0.1, -0.05) is 6.07 Å². The maximum absolute atomic E-state index is 12.3. The Labute approximate surface area is 144 Å². The predicted octanol–water partition coefficient (Wildman–Crippen LogP) is 2.73. The van der Waals surface area contributed by atoms with Crippen molar-refractivity contribution in [3.8, 4) is 11.5 Å². The molecule has 0 fully saturated rings. The Bertz CT molecular complexity index is 807. The highest BCUT2D eigenvalue weighted by Crippen LogP contribution is 2.33. The van der Waals surface area contributed by atoms with E-state index < -0.39 is 11.9 Å². The van der Waals surface area contributed by atoms with Crippen LogP contribution in [-0.2, 0) is 9.53 Å². The predicted molar refractivity (Wildman–Crippen MR) is 87.9 cm³/mol. The number of carbonyl (C=O) groups is 2. The zero-order chi connectivity index (χ0) is 17.8. The number of benzene rings is 1. The number of ether oxygens (including phenoxy) is 3. The second-order valence-electron chi connectivity index (χ2n) is 5.56. The van der Waals surface area contributed by atoms with Gasteiger partial charge in [0.2, 0.25) is 6.79 Å². The number of furan rings is 1. The lowest BCUT2D eigenvalue weighted by atomic mass is 10.1. The Kier molecular flexibility index (Phi) is 4.74. The maximum atomic E-state index is 12.3. The smallest absolute Gasteiger partial charge is 0.355 e. The molecule has 7 nitrogen and oxygen atoms in total. The van der Waals surface area contributed by atoms with Gasteiger partial charge in [-0.3, -0.25) is 4.79 Å². The first-order valence-electron chi connectivity index (χ1n) is 7.70. The van der Waals surface area contributed by atoms with Crippen molar-refractivity contribution < 1.29 is 28.2 Å². The lowest BCUT2D eigenvalue weighted by Gasteiger charge is -2.12. The quantitative estimate of drug-likeness (QED) is 0.663. The molecule has 1 N–H and O–H groups in total. The molecule has 1 aromatic heterocycles. The third-order valence-electron chi connectivity index (χ3n) is 3.26. The standard InChI is InChI=1S/C18H17NO6/c1-11(2)25-18(21)13(19-17(20)15-4-3-7-22-15)8-12-5-6-14-16(9-12)24-10-23-14/h3-9,11H,10H2,1-2H3,(H,19,20)/b13-8-. The van der Waals surface area contributed by atoms with Crippen LogP contribution in [0.1, 0.15) is 30.0 Å². The topological polar surface area (TPSA) is 87.0 Å². The summed E-state index contributed by atoms with van der Waals surface area (Å²) in [6.07, 6.45) is 2.56. The number of hydrogen-bond donors (Lipinski definition) is 1. The van der Waals surface area contributed by atoms with E-state index in [4.69, 9.17) is 18.6 Å². The second kappa shape index (κ2) is 7.12. The van der Waals surface area contributed by atoms with Gasteiger partial charge in [0.25, 0.3) is 5.91 Å². The highest BCUT2D eigenvalue weighted by atomic mass is 16.7. The van der Waals surface area contributed by atoms with E-state index in [1.807, 2.05) is 0 Å². The lowest BCUT2D eigenvalue weighted by molar-refractivity contribution is -0.142. The van der Waals surface area contributed by atoms with Gasteiger partial charge in [0.1, 0.15) is 5.70 Å². The van der Waals surface area contributed by atoms with Crippen molar-refractivity contribution in [1.29, 1.82) is 0 Å². The third-order valence-corrected chi connectivity index (χ3v) is 3.26. The van der Waals surface area contributed by atoms with E-state index in [9.17, 15) is 9.59 Å². The Hall–Kier alpha value is -3.22. The third kappa shape index (κ3) is 4.00. The van der Waals surface area contributed by atoms with Crippen molar-refractivity contribution in [2.45, 2.75) is 20.0 Å². The molecule has 2 heterocycles. The van der Waals surface area contributed by atoms with Gasteiger partial charge in [-0.25, -0.2) is 4.79 Å². The van der Waals surface area contributed by atoms with Crippen LogP contribution in [0.5, 0.6) is 11.5 Å². The molecule has 0 bridgehead atoms. The Morgan fingerprint density at radius 1 is 1.20 bits per heavy atom. The molecule has 0 aliphatic carbocycles. The van der Waals surface area contributed by atoms with Crippen LogP contribution in [0.4, 0.5) is 0 Å². The molecule has 0 saturated heterocycles. The molecule has 0 saturated carbocycles. The monoisotopic (exact) mass is 343 g/mol. The summed E-state index contributed by atoms with van der Waals surface area (Å²) in [5.41, 5.74) is 0.647. The number of hydrogen-bond acceptors (Lipinski definition) is 6. The second-order valence-corrected chi connectivity index (χ2v) is 5.56. The zero-order valence-electron chi connectivity index (χ0n) is 13.8. The summed E-state index contributed by atoms with van der Waals surface area (Å²) in [4.78, 5) is 24.5. The van der Waals surface area contributed by atoms with Crippen molar-refractivity contribution in [2.24, 2.45) is 0 Å². The molecule has 1 amide bonds. The Morgan fingerprint density at radius 2 is 2.00 bits per heavy atom. The maximum Gasteiger partial charge on any atom is 0.355 e. The molecule has 0 unspecified atom stereocenters. The average molecular weight is 343 g/mol. The molecule has 130 valence electrons. The molecular formula is C18H17NO6. The molecule has 2 aromatic rings. The summed E-state index contributed by atoms with van der Waals surface area (Å²) in [6, 6.07) is 8.27. The first-order valence-corrected chi connectivity index (χ1v) is 7.70. The van der Waals surface area contributed by atoms with Crippen LogP contribution in [0.15, 0.2) is 46.7 Å². The molecule has 25 heavy (non-hydrogen) atoms. The summed E-state index contributed by atoms with van der Waals surface area (Å²) in [6.45, 7) is 3.61. The molecule has 1 aliphatic heterocycles. The van der Waals surface area contributed by atoms with Crippen molar-refractivity contribution in [2.75, 3.05) is 6.79 Å². The van der Waals surface area contributed by atoms with Crippen LogP contribution in [0.3, 0.4) is 0 Å². The van der Waals surface area contributed by atoms with Crippen molar-refractivity contribution in [1.82, 2.24) is 5.32 Å². The first kappa shape index (κ1) is 16.6. The van der Waals surface area contributed by atoms with E-state index in [0.29, 0.717) is 17.1 Å². The zero-order valence-corrected chi connectivity index (χ0v) is 13.8. The fourth-order valence-electron chi connectivity index (χ4n) is 2.18. The summed E-state index contributed by atoms with van der Waals surface area (Å²) in [5.74, 6) is 0.102. The molecule has 1 aromatic carbocycles. The number of nitrogens with one attached hydrogen (secondary N) is 1.